The number of hydrogen-bond acceptors (Lipinski definition) is 1. The predicted molar refractivity (Wildman–Crippen MR) is 52.6 cm³/mol. The van der Waals surface area contributed by atoms with Crippen LogP contribution in [0.3, 0.4) is 0 Å². The second-order valence-electron chi connectivity index (χ2n) is 4.07. The summed E-state index contributed by atoms with van der Waals surface area (Å²) in [6.07, 6.45) is -12.5. The van der Waals surface area contributed by atoms with E-state index in [-0.39, 0.29) is 18.2 Å². The third kappa shape index (κ3) is 4.30. The second kappa shape index (κ2) is 5.15. The molecule has 0 aliphatic heterocycles. The number of alkyl halides is 8. The molecule has 0 aliphatic carbocycles. The molecule has 0 spiro atoms. The van der Waals surface area contributed by atoms with Gasteiger partial charge in [-0.2, -0.15) is 26.3 Å². The molecule has 1 aromatic rings. The van der Waals surface area contributed by atoms with Crippen LogP contribution in [0.5, 0.6) is 0 Å². The van der Waals surface area contributed by atoms with Crippen molar-refractivity contribution in [2.75, 3.05) is 0 Å². The zero-order valence-corrected chi connectivity index (χ0v) is 9.82. The number of halogens is 8. The fraction of sp³-hybridized carbons (Fsp3) is 0.364. The Morgan fingerprint density at radius 2 is 1.14 bits per heavy atom. The van der Waals surface area contributed by atoms with Crippen LogP contribution < -0.4 is 0 Å². The third-order valence-corrected chi connectivity index (χ3v) is 2.38. The number of benzene rings is 1. The van der Waals surface area contributed by atoms with Gasteiger partial charge in [-0.25, -0.2) is 8.78 Å². The Morgan fingerprint density at radius 3 is 1.43 bits per heavy atom. The van der Waals surface area contributed by atoms with Crippen LogP contribution in [0, 0.1) is 0 Å². The summed E-state index contributed by atoms with van der Waals surface area (Å²) in [7, 11) is 0. The second-order valence-corrected chi connectivity index (χ2v) is 4.07. The van der Waals surface area contributed by atoms with Gasteiger partial charge >= 0.3 is 18.3 Å². The van der Waals surface area contributed by atoms with Crippen LogP contribution in [-0.4, -0.2) is 11.1 Å². The maximum absolute atomic E-state index is 13.4. The van der Waals surface area contributed by atoms with Crippen LogP contribution >= 0.6 is 0 Å². The van der Waals surface area contributed by atoms with Crippen molar-refractivity contribution >= 4 is 5.97 Å². The molecule has 0 saturated carbocycles. The molecule has 21 heavy (non-hydrogen) atoms. The van der Waals surface area contributed by atoms with E-state index in [1.807, 2.05) is 0 Å². The lowest BCUT2D eigenvalue weighted by atomic mass is 9.98. The monoisotopic (exact) mass is 322 g/mol. The van der Waals surface area contributed by atoms with Crippen molar-refractivity contribution in [3.63, 3.8) is 0 Å². The highest BCUT2D eigenvalue weighted by Crippen LogP contribution is 2.40. The van der Waals surface area contributed by atoms with Gasteiger partial charge in [0.2, 0.25) is 0 Å². The van der Waals surface area contributed by atoms with Crippen LogP contribution in [-0.2, 0) is 23.1 Å². The van der Waals surface area contributed by atoms with Gasteiger partial charge in [-0.05, 0) is 18.2 Å². The minimum Gasteiger partial charge on any atom is -0.481 e. The molecule has 0 radical (unpaired) electrons. The maximum atomic E-state index is 13.4. The van der Waals surface area contributed by atoms with Crippen molar-refractivity contribution in [3.8, 4) is 0 Å². The Morgan fingerprint density at radius 1 is 0.810 bits per heavy atom. The van der Waals surface area contributed by atoms with Gasteiger partial charge in [0.25, 0.3) is 5.92 Å². The van der Waals surface area contributed by atoms with Gasteiger partial charge in [0.15, 0.2) is 0 Å². The van der Waals surface area contributed by atoms with E-state index in [2.05, 4.69) is 0 Å². The highest BCUT2D eigenvalue weighted by Gasteiger charge is 2.42. The number of rotatable bonds is 3. The summed E-state index contributed by atoms with van der Waals surface area (Å²) >= 11 is 0. The lowest BCUT2D eigenvalue weighted by Crippen LogP contribution is -2.21. The largest absolute Gasteiger partial charge is 0.481 e. The summed E-state index contributed by atoms with van der Waals surface area (Å²) in [6, 6.07) is -0.712. The van der Waals surface area contributed by atoms with Crippen LogP contribution in [0.4, 0.5) is 35.1 Å². The molecular formula is C11H6F8O2. The highest BCUT2D eigenvalue weighted by molar-refractivity contribution is 5.68. The quantitative estimate of drug-likeness (QED) is 0.843. The van der Waals surface area contributed by atoms with Crippen molar-refractivity contribution in [1.82, 2.24) is 0 Å². The molecular weight excluding hydrogens is 316 g/mol. The number of hydrogen-bond donors (Lipinski definition) is 1. The summed E-state index contributed by atoms with van der Waals surface area (Å²) < 4.78 is 102. The molecule has 0 heterocycles. The average Bonchev–Trinajstić information content (AvgIpc) is 2.24. The molecule has 1 rings (SSSR count). The molecule has 0 unspecified atom stereocenters. The number of carboxylic acids is 1. The molecule has 1 N–H and O–H groups in total. The van der Waals surface area contributed by atoms with Gasteiger partial charge in [0, 0.05) is 5.56 Å². The molecule has 10 heteroatoms. The Labute approximate surface area is 112 Å². The van der Waals surface area contributed by atoms with Gasteiger partial charge in [-0.1, -0.05) is 0 Å². The predicted octanol–water partition coefficient (Wildman–Crippen LogP) is 4.29. The number of carbonyl (C=O) groups is 1. The van der Waals surface area contributed by atoms with Gasteiger partial charge in [-0.3, -0.25) is 4.79 Å². The molecule has 0 aromatic heterocycles. The van der Waals surface area contributed by atoms with E-state index in [1.165, 1.54) is 0 Å². The smallest absolute Gasteiger partial charge is 0.416 e. The third-order valence-electron chi connectivity index (χ3n) is 2.38. The van der Waals surface area contributed by atoms with E-state index in [0.717, 1.165) is 0 Å². The van der Waals surface area contributed by atoms with E-state index in [4.69, 9.17) is 5.11 Å². The molecule has 0 fully saturated rings. The van der Waals surface area contributed by atoms with E-state index in [1.54, 1.807) is 0 Å². The van der Waals surface area contributed by atoms with E-state index < -0.39 is 47.4 Å². The molecule has 0 bridgehead atoms. The van der Waals surface area contributed by atoms with E-state index >= 15 is 0 Å². The lowest BCUT2D eigenvalue weighted by Gasteiger charge is -2.19. The van der Waals surface area contributed by atoms with Crippen molar-refractivity contribution in [1.29, 1.82) is 0 Å². The molecule has 2 nitrogen and oxygen atoms in total. The van der Waals surface area contributed by atoms with Crippen molar-refractivity contribution in [2.24, 2.45) is 0 Å². The van der Waals surface area contributed by atoms with Crippen LogP contribution in [0.2, 0.25) is 0 Å². The minimum absolute atomic E-state index is 0.196. The average molecular weight is 322 g/mol. The van der Waals surface area contributed by atoms with Crippen LogP contribution in [0.1, 0.15) is 23.1 Å². The van der Waals surface area contributed by atoms with Gasteiger partial charge in [0.05, 0.1) is 11.1 Å². The number of aliphatic carboxylic acids is 1. The SMILES string of the molecule is O=C(O)CC(F)(F)c1cc(C(F)(F)F)cc(C(F)(F)F)c1. The first-order chi connectivity index (χ1) is 9.23. The Kier molecular flexibility index (Phi) is 4.22. The molecule has 118 valence electrons. The van der Waals surface area contributed by atoms with Crippen LogP contribution in [0.15, 0.2) is 18.2 Å². The molecule has 0 amide bonds. The van der Waals surface area contributed by atoms with E-state index in [9.17, 15) is 39.9 Å². The maximum Gasteiger partial charge on any atom is 0.416 e. The van der Waals surface area contributed by atoms with Gasteiger partial charge < -0.3 is 5.11 Å². The van der Waals surface area contributed by atoms with Gasteiger partial charge in [0.1, 0.15) is 6.42 Å². The molecule has 0 aliphatic rings. The van der Waals surface area contributed by atoms with Crippen LogP contribution in [0.25, 0.3) is 0 Å². The first kappa shape index (κ1) is 17.2. The fourth-order valence-electron chi connectivity index (χ4n) is 1.46. The summed E-state index contributed by atoms with van der Waals surface area (Å²) in [5, 5.41) is 8.24. The molecule has 0 atom stereocenters. The van der Waals surface area contributed by atoms with E-state index in [0.29, 0.717) is 0 Å². The Balaban J connectivity index is 3.49. The van der Waals surface area contributed by atoms with Crippen molar-refractivity contribution < 1.29 is 45.0 Å². The van der Waals surface area contributed by atoms with Gasteiger partial charge in [-0.15, -0.1) is 0 Å². The molecule has 0 saturated heterocycles. The first-order valence-corrected chi connectivity index (χ1v) is 5.13. The zero-order chi connectivity index (χ0) is 16.6. The minimum atomic E-state index is -5.28. The van der Waals surface area contributed by atoms with Crippen molar-refractivity contribution in [2.45, 2.75) is 24.7 Å². The molecule has 1 aromatic carbocycles. The lowest BCUT2D eigenvalue weighted by molar-refractivity contribution is -0.145. The summed E-state index contributed by atoms with van der Waals surface area (Å²) in [6.45, 7) is 0. The highest BCUT2D eigenvalue weighted by atomic mass is 19.4. The fourth-order valence-corrected chi connectivity index (χ4v) is 1.46. The topological polar surface area (TPSA) is 37.3 Å². The standard InChI is InChI=1S/C11H6F8O2/c12-9(13,4-8(20)21)5-1-6(10(14,15)16)3-7(2-5)11(17,18)19/h1-3H,4H2,(H,20,21). The first-order valence-electron chi connectivity index (χ1n) is 5.13. The number of carboxylic acid groups (broad SMARTS) is 1. The Bertz CT molecular complexity index is 512. The summed E-state index contributed by atoms with van der Waals surface area (Å²) in [5.41, 5.74) is -5.53. The summed E-state index contributed by atoms with van der Waals surface area (Å²) in [5.74, 6) is -6.43. The van der Waals surface area contributed by atoms with Crippen molar-refractivity contribution in [3.05, 3.63) is 34.9 Å². The Hall–Kier alpha value is -1.87. The normalized spacial score (nSPS) is 13.3. The summed E-state index contributed by atoms with van der Waals surface area (Å²) in [4.78, 5) is 10.2. The zero-order valence-electron chi connectivity index (χ0n) is 9.82.